The van der Waals surface area contributed by atoms with Crippen LogP contribution in [-0.4, -0.2) is 43.9 Å². The van der Waals surface area contributed by atoms with Crippen LogP contribution in [0.1, 0.15) is 27.7 Å². The van der Waals surface area contributed by atoms with Crippen LogP contribution < -0.4 is 0 Å². The van der Waals surface area contributed by atoms with Gasteiger partial charge in [-0.25, -0.2) is 0 Å². The highest BCUT2D eigenvalue weighted by Gasteiger charge is 2.23. The Labute approximate surface area is 152 Å². The van der Waals surface area contributed by atoms with Crippen LogP contribution in [0.15, 0.2) is 29.4 Å². The van der Waals surface area contributed by atoms with E-state index >= 15 is 0 Å². The van der Waals surface area contributed by atoms with Crippen LogP contribution in [0.3, 0.4) is 0 Å². The van der Waals surface area contributed by atoms with Crippen LogP contribution in [0.2, 0.25) is 5.02 Å². The first kappa shape index (κ1) is 18.8. The predicted octanol–water partition coefficient (Wildman–Crippen LogP) is 3.97. The number of benzene rings is 1. The van der Waals surface area contributed by atoms with Crippen molar-refractivity contribution >= 4 is 29.3 Å². The summed E-state index contributed by atoms with van der Waals surface area (Å²) in [5, 5.41) is 9.85. The second-order valence-corrected chi connectivity index (χ2v) is 7.07. The van der Waals surface area contributed by atoms with E-state index in [-0.39, 0.29) is 11.2 Å². The van der Waals surface area contributed by atoms with Gasteiger partial charge in [-0.15, -0.1) is 10.2 Å². The average Bonchev–Trinajstić information content (AvgIpc) is 2.99. The van der Waals surface area contributed by atoms with Gasteiger partial charge in [0, 0.05) is 30.2 Å². The quantitative estimate of drug-likeness (QED) is 0.696. The van der Waals surface area contributed by atoms with Crippen molar-refractivity contribution in [2.75, 3.05) is 13.1 Å². The van der Waals surface area contributed by atoms with Gasteiger partial charge < -0.3 is 9.47 Å². The van der Waals surface area contributed by atoms with E-state index in [9.17, 15) is 4.79 Å². The highest BCUT2D eigenvalue weighted by Crippen LogP contribution is 2.28. The van der Waals surface area contributed by atoms with Crippen LogP contribution in [0.4, 0.5) is 0 Å². The van der Waals surface area contributed by atoms with E-state index in [0.29, 0.717) is 5.02 Å². The van der Waals surface area contributed by atoms with Gasteiger partial charge in [0.05, 0.1) is 5.25 Å². The lowest BCUT2D eigenvalue weighted by atomic mass is 10.2. The maximum atomic E-state index is 12.5. The van der Waals surface area contributed by atoms with E-state index in [1.807, 2.05) is 61.4 Å². The highest BCUT2D eigenvalue weighted by molar-refractivity contribution is 8.00. The van der Waals surface area contributed by atoms with Gasteiger partial charge in [-0.05, 0) is 52.0 Å². The molecule has 0 aliphatic rings. The molecule has 2 rings (SSSR count). The lowest BCUT2D eigenvalue weighted by molar-refractivity contribution is -0.129. The minimum Gasteiger partial charge on any atom is -0.342 e. The smallest absolute Gasteiger partial charge is 0.235 e. The Morgan fingerprint density at radius 3 is 2.38 bits per heavy atom. The van der Waals surface area contributed by atoms with Gasteiger partial charge in [-0.2, -0.15) is 0 Å². The number of hydrogen-bond acceptors (Lipinski definition) is 4. The van der Waals surface area contributed by atoms with Crippen molar-refractivity contribution in [3.63, 3.8) is 0 Å². The molecule has 2 aromatic rings. The van der Waals surface area contributed by atoms with Gasteiger partial charge in [-0.1, -0.05) is 23.4 Å². The predicted molar refractivity (Wildman–Crippen MR) is 99.4 cm³/mol. The van der Waals surface area contributed by atoms with E-state index in [2.05, 4.69) is 10.2 Å². The molecule has 0 spiro atoms. The maximum absolute atomic E-state index is 12.5. The number of carbonyl (C=O) groups excluding carboxylic acids is 1. The third-order valence-corrected chi connectivity index (χ3v) is 5.16. The van der Waals surface area contributed by atoms with Crippen molar-refractivity contribution in [1.29, 1.82) is 0 Å². The second-order valence-electron chi connectivity index (χ2n) is 5.33. The number of rotatable bonds is 7. The summed E-state index contributed by atoms with van der Waals surface area (Å²) in [5.41, 5.74) is 0.961. The average molecular weight is 367 g/mol. The van der Waals surface area contributed by atoms with Crippen molar-refractivity contribution in [3.05, 3.63) is 29.3 Å². The molecule has 0 radical (unpaired) electrons. The first-order valence-electron chi connectivity index (χ1n) is 8.16. The zero-order chi connectivity index (χ0) is 17.7. The molecule has 1 unspecified atom stereocenters. The van der Waals surface area contributed by atoms with Crippen LogP contribution in [-0.2, 0) is 11.3 Å². The van der Waals surface area contributed by atoms with E-state index in [4.69, 9.17) is 11.6 Å². The number of aromatic nitrogens is 3. The molecular weight excluding hydrogens is 344 g/mol. The van der Waals surface area contributed by atoms with Gasteiger partial charge in [0.15, 0.2) is 11.0 Å². The molecule has 0 aliphatic carbocycles. The molecular formula is C17H23ClN4OS. The molecule has 5 nitrogen and oxygen atoms in total. The van der Waals surface area contributed by atoms with Crippen molar-refractivity contribution in [2.45, 2.75) is 44.6 Å². The number of nitrogens with zero attached hydrogens (tertiary/aromatic N) is 4. The molecule has 1 heterocycles. The van der Waals surface area contributed by atoms with E-state index in [0.717, 1.165) is 36.2 Å². The van der Waals surface area contributed by atoms with Gasteiger partial charge >= 0.3 is 0 Å². The molecule has 0 N–H and O–H groups in total. The SMILES string of the molecule is CCN(CC)C(=O)C(C)Sc1nnc(-c2ccc(Cl)cc2)n1CC. The Kier molecular flexibility index (Phi) is 6.69. The first-order chi connectivity index (χ1) is 11.5. The summed E-state index contributed by atoms with van der Waals surface area (Å²) in [6, 6.07) is 7.53. The molecule has 24 heavy (non-hydrogen) atoms. The number of amides is 1. The minimum atomic E-state index is -0.197. The van der Waals surface area contributed by atoms with Crippen molar-refractivity contribution in [3.8, 4) is 11.4 Å². The summed E-state index contributed by atoms with van der Waals surface area (Å²) in [6.07, 6.45) is 0. The monoisotopic (exact) mass is 366 g/mol. The number of thioether (sulfide) groups is 1. The minimum absolute atomic E-state index is 0.128. The standard InChI is InChI=1S/C17H23ClN4OS/c1-5-21(6-2)16(23)12(4)24-17-20-19-15(22(17)7-3)13-8-10-14(18)11-9-13/h8-12H,5-7H2,1-4H3. The summed E-state index contributed by atoms with van der Waals surface area (Å²) in [4.78, 5) is 14.3. The number of carbonyl (C=O) groups is 1. The third kappa shape index (κ3) is 4.11. The van der Waals surface area contributed by atoms with Crippen LogP contribution >= 0.6 is 23.4 Å². The lowest BCUT2D eigenvalue weighted by Gasteiger charge is -2.22. The molecule has 0 saturated heterocycles. The zero-order valence-corrected chi connectivity index (χ0v) is 16.1. The van der Waals surface area contributed by atoms with Crippen LogP contribution in [0, 0.1) is 0 Å². The summed E-state index contributed by atoms with van der Waals surface area (Å²) >= 11 is 7.40. The molecule has 0 fully saturated rings. The summed E-state index contributed by atoms with van der Waals surface area (Å²) in [7, 11) is 0. The van der Waals surface area contributed by atoms with Crippen molar-refractivity contribution < 1.29 is 4.79 Å². The molecule has 1 amide bonds. The molecule has 130 valence electrons. The Hall–Kier alpha value is -1.53. The molecule has 0 bridgehead atoms. The molecule has 1 aromatic carbocycles. The zero-order valence-electron chi connectivity index (χ0n) is 14.5. The lowest BCUT2D eigenvalue weighted by Crippen LogP contribution is -2.36. The fourth-order valence-corrected chi connectivity index (χ4v) is 3.60. The fraction of sp³-hybridized carbons (Fsp3) is 0.471. The molecule has 1 atom stereocenters. The maximum Gasteiger partial charge on any atom is 0.235 e. The van der Waals surface area contributed by atoms with Crippen molar-refractivity contribution in [2.24, 2.45) is 0 Å². The van der Waals surface area contributed by atoms with Crippen LogP contribution in [0.5, 0.6) is 0 Å². The van der Waals surface area contributed by atoms with E-state index in [1.54, 1.807) is 0 Å². The third-order valence-electron chi connectivity index (χ3n) is 3.84. The molecule has 0 aliphatic heterocycles. The Morgan fingerprint density at radius 2 is 1.83 bits per heavy atom. The Morgan fingerprint density at radius 1 is 1.21 bits per heavy atom. The first-order valence-corrected chi connectivity index (χ1v) is 9.42. The van der Waals surface area contributed by atoms with Crippen molar-refractivity contribution in [1.82, 2.24) is 19.7 Å². The Bertz CT molecular complexity index is 682. The largest absolute Gasteiger partial charge is 0.342 e. The fourth-order valence-electron chi connectivity index (χ4n) is 2.47. The summed E-state index contributed by atoms with van der Waals surface area (Å²) in [6.45, 7) is 10.1. The van der Waals surface area contributed by atoms with Crippen LogP contribution in [0.25, 0.3) is 11.4 Å². The second kappa shape index (κ2) is 8.53. The topological polar surface area (TPSA) is 51.0 Å². The number of hydrogen-bond donors (Lipinski definition) is 0. The van der Waals surface area contributed by atoms with Gasteiger partial charge in [0.25, 0.3) is 0 Å². The van der Waals surface area contributed by atoms with Gasteiger partial charge in [0.2, 0.25) is 5.91 Å². The number of halogens is 1. The highest BCUT2D eigenvalue weighted by atomic mass is 35.5. The van der Waals surface area contributed by atoms with E-state index < -0.39 is 0 Å². The molecule has 1 aromatic heterocycles. The molecule has 0 saturated carbocycles. The normalized spacial score (nSPS) is 12.2. The Balaban J connectivity index is 2.23. The van der Waals surface area contributed by atoms with Gasteiger partial charge in [0.1, 0.15) is 0 Å². The van der Waals surface area contributed by atoms with E-state index in [1.165, 1.54) is 11.8 Å². The van der Waals surface area contributed by atoms with Gasteiger partial charge in [-0.3, -0.25) is 4.79 Å². The summed E-state index contributed by atoms with van der Waals surface area (Å²) < 4.78 is 2.03. The molecule has 7 heteroatoms. The summed E-state index contributed by atoms with van der Waals surface area (Å²) in [5.74, 6) is 0.919.